The van der Waals surface area contributed by atoms with E-state index in [1.54, 1.807) is 25.1 Å². The Labute approximate surface area is 161 Å². The lowest BCUT2D eigenvalue weighted by atomic mass is 10.1. The van der Waals surface area contributed by atoms with Gasteiger partial charge in [0.05, 0.1) is 0 Å². The second-order valence-corrected chi connectivity index (χ2v) is 7.01. The Morgan fingerprint density at radius 1 is 1.14 bits per heavy atom. The van der Waals surface area contributed by atoms with Gasteiger partial charge in [0.2, 0.25) is 11.9 Å². The maximum atomic E-state index is 12.7. The minimum atomic E-state index is -0.605. The first kappa shape index (κ1) is 16.6. The van der Waals surface area contributed by atoms with Crippen molar-refractivity contribution in [1.82, 2.24) is 9.55 Å². The fourth-order valence-corrected chi connectivity index (χ4v) is 3.84. The minimum Gasteiger partial charge on any atom is -0.508 e. The number of hydrogen-bond donors (Lipinski definition) is 2. The van der Waals surface area contributed by atoms with Crippen LogP contribution >= 0.6 is 0 Å². The Hall–Kier alpha value is -3.61. The molecule has 3 heterocycles. The number of para-hydroxylation sites is 1. The Kier molecular flexibility index (Phi) is 3.68. The summed E-state index contributed by atoms with van der Waals surface area (Å²) < 4.78 is 1.52. The maximum Gasteiger partial charge on any atom is 0.257 e. The van der Waals surface area contributed by atoms with Gasteiger partial charge in [-0.25, -0.2) is 9.98 Å². The molecule has 0 radical (unpaired) electrons. The second-order valence-electron chi connectivity index (χ2n) is 7.01. The van der Waals surface area contributed by atoms with Gasteiger partial charge in [0.25, 0.3) is 5.56 Å². The molecule has 3 aromatic rings. The zero-order chi connectivity index (χ0) is 19.3. The van der Waals surface area contributed by atoms with E-state index in [0.717, 1.165) is 24.2 Å². The van der Waals surface area contributed by atoms with Crippen molar-refractivity contribution in [1.29, 1.82) is 0 Å². The number of aliphatic imine (C=N–C) groups is 1. The third kappa shape index (κ3) is 2.63. The molecule has 0 amide bonds. The number of phenolic OH excluding ortho intramolecular Hbond substituents is 1. The van der Waals surface area contributed by atoms with Crippen LogP contribution in [0.25, 0.3) is 0 Å². The first-order valence-electron chi connectivity index (χ1n) is 9.19. The summed E-state index contributed by atoms with van der Waals surface area (Å²) in [7, 11) is 0. The van der Waals surface area contributed by atoms with Gasteiger partial charge < -0.3 is 10.0 Å². The fraction of sp³-hybridized carbons (Fsp3) is 0.190. The van der Waals surface area contributed by atoms with Gasteiger partial charge in [0.15, 0.2) is 6.17 Å². The predicted molar refractivity (Wildman–Crippen MR) is 108 cm³/mol. The largest absolute Gasteiger partial charge is 0.508 e. The molecule has 0 unspecified atom stereocenters. The molecule has 0 saturated heterocycles. The molecule has 2 N–H and O–H groups in total. The average molecular weight is 373 g/mol. The van der Waals surface area contributed by atoms with Crippen molar-refractivity contribution >= 4 is 17.6 Å². The molecule has 28 heavy (non-hydrogen) atoms. The second kappa shape index (κ2) is 6.23. The van der Waals surface area contributed by atoms with Crippen molar-refractivity contribution in [3.05, 3.63) is 81.8 Å². The SMILES string of the molecule is Cc1cc(=O)n2c(n1)NC(N1CCc3ccccc31)=N[C@H]2c1cccc(O)c1. The van der Waals surface area contributed by atoms with E-state index in [1.165, 1.54) is 16.2 Å². The van der Waals surface area contributed by atoms with Crippen LogP contribution in [0.15, 0.2) is 64.4 Å². The highest BCUT2D eigenvalue weighted by molar-refractivity contribution is 6.06. The van der Waals surface area contributed by atoms with Crippen LogP contribution in [0.4, 0.5) is 11.6 Å². The van der Waals surface area contributed by atoms with Crippen LogP contribution in [-0.4, -0.2) is 27.2 Å². The van der Waals surface area contributed by atoms with E-state index < -0.39 is 6.17 Å². The van der Waals surface area contributed by atoms with E-state index in [0.29, 0.717) is 17.6 Å². The summed E-state index contributed by atoms with van der Waals surface area (Å²) in [5.41, 5.74) is 3.54. The lowest BCUT2D eigenvalue weighted by molar-refractivity contribution is 0.472. The summed E-state index contributed by atoms with van der Waals surface area (Å²) in [4.78, 5) is 24.2. The number of rotatable bonds is 1. The van der Waals surface area contributed by atoms with E-state index in [-0.39, 0.29) is 11.3 Å². The van der Waals surface area contributed by atoms with Crippen LogP contribution in [-0.2, 0) is 6.42 Å². The van der Waals surface area contributed by atoms with E-state index >= 15 is 0 Å². The molecule has 5 rings (SSSR count). The third-order valence-corrected chi connectivity index (χ3v) is 5.10. The normalized spacial score (nSPS) is 17.5. The van der Waals surface area contributed by atoms with E-state index in [4.69, 9.17) is 4.99 Å². The number of phenols is 1. The Morgan fingerprint density at radius 2 is 2.00 bits per heavy atom. The van der Waals surface area contributed by atoms with Gasteiger partial charge in [-0.2, -0.15) is 0 Å². The lowest BCUT2D eigenvalue weighted by Gasteiger charge is -2.31. The number of guanidine groups is 1. The Bertz CT molecular complexity index is 1170. The van der Waals surface area contributed by atoms with Crippen LogP contribution in [0.5, 0.6) is 5.75 Å². The molecule has 140 valence electrons. The molecule has 7 heteroatoms. The number of aromatic nitrogens is 2. The van der Waals surface area contributed by atoms with E-state index in [9.17, 15) is 9.90 Å². The molecule has 0 aliphatic carbocycles. The lowest BCUT2D eigenvalue weighted by Crippen LogP contribution is -2.43. The quantitative estimate of drug-likeness (QED) is 0.685. The van der Waals surface area contributed by atoms with Crippen molar-refractivity contribution in [3.8, 4) is 5.75 Å². The zero-order valence-corrected chi connectivity index (χ0v) is 15.3. The molecular formula is C21H19N5O2. The van der Waals surface area contributed by atoms with Gasteiger partial charge in [-0.1, -0.05) is 30.3 Å². The topological polar surface area (TPSA) is 82.8 Å². The monoisotopic (exact) mass is 373 g/mol. The standard InChI is InChI=1S/C21H19N5O2/c1-13-11-18(28)26-19(15-6-4-7-16(27)12-15)23-20(24-21(26)22-13)25-10-9-14-5-2-3-8-17(14)25/h2-8,11-12,19,27H,9-10H2,1H3,(H,22,23,24)/t19-/m1/s1. The number of aryl methyl sites for hydroxylation is 1. The van der Waals surface area contributed by atoms with Gasteiger partial charge >= 0.3 is 0 Å². The number of fused-ring (bicyclic) bond motifs is 2. The first-order valence-corrected chi connectivity index (χ1v) is 9.19. The minimum absolute atomic E-state index is 0.133. The highest BCUT2D eigenvalue weighted by Crippen LogP contribution is 2.32. The average Bonchev–Trinajstić information content (AvgIpc) is 3.11. The van der Waals surface area contributed by atoms with Crippen molar-refractivity contribution in [3.63, 3.8) is 0 Å². The van der Waals surface area contributed by atoms with Crippen molar-refractivity contribution in [2.24, 2.45) is 4.99 Å². The fourth-order valence-electron chi connectivity index (χ4n) is 3.84. The maximum absolute atomic E-state index is 12.7. The summed E-state index contributed by atoms with van der Waals surface area (Å²) in [6.07, 6.45) is 0.327. The highest BCUT2D eigenvalue weighted by atomic mass is 16.3. The Balaban J connectivity index is 1.67. The molecule has 0 fully saturated rings. The molecule has 2 aliphatic rings. The number of aromatic hydroxyl groups is 1. The molecule has 1 aromatic heterocycles. The van der Waals surface area contributed by atoms with Gasteiger partial charge in [-0.3, -0.25) is 14.7 Å². The summed E-state index contributed by atoms with van der Waals surface area (Å²) in [5, 5.41) is 13.2. The number of hydrogen-bond acceptors (Lipinski definition) is 6. The first-order chi connectivity index (χ1) is 13.6. The summed E-state index contributed by atoms with van der Waals surface area (Å²) in [5.74, 6) is 1.23. The van der Waals surface area contributed by atoms with Crippen LogP contribution in [0.1, 0.15) is 23.0 Å². The summed E-state index contributed by atoms with van der Waals surface area (Å²) >= 11 is 0. The van der Waals surface area contributed by atoms with Crippen molar-refractivity contribution < 1.29 is 5.11 Å². The van der Waals surface area contributed by atoms with Crippen LogP contribution < -0.4 is 15.8 Å². The molecule has 2 aromatic carbocycles. The van der Waals surface area contributed by atoms with Gasteiger partial charge in [-0.15, -0.1) is 0 Å². The van der Waals surface area contributed by atoms with Crippen molar-refractivity contribution in [2.75, 3.05) is 16.8 Å². The molecule has 0 bridgehead atoms. The Morgan fingerprint density at radius 3 is 2.86 bits per heavy atom. The highest BCUT2D eigenvalue weighted by Gasteiger charge is 2.30. The molecule has 7 nitrogen and oxygen atoms in total. The summed E-state index contributed by atoms with van der Waals surface area (Å²) in [6, 6.07) is 16.6. The molecule has 2 aliphatic heterocycles. The van der Waals surface area contributed by atoms with E-state index in [2.05, 4.69) is 27.3 Å². The number of benzene rings is 2. The third-order valence-electron chi connectivity index (χ3n) is 5.10. The van der Waals surface area contributed by atoms with Gasteiger partial charge in [0.1, 0.15) is 5.75 Å². The van der Waals surface area contributed by atoms with Gasteiger partial charge in [-0.05, 0) is 37.1 Å². The molecule has 0 spiro atoms. The number of anilines is 2. The zero-order valence-electron chi connectivity index (χ0n) is 15.3. The summed E-state index contributed by atoms with van der Waals surface area (Å²) in [6.45, 7) is 2.60. The predicted octanol–water partition coefficient (Wildman–Crippen LogP) is 2.65. The van der Waals surface area contributed by atoms with E-state index in [1.807, 2.05) is 18.2 Å². The number of nitrogens with zero attached hydrogens (tertiary/aromatic N) is 4. The van der Waals surface area contributed by atoms with Crippen LogP contribution in [0.2, 0.25) is 0 Å². The van der Waals surface area contributed by atoms with Gasteiger partial charge in [0, 0.05) is 29.6 Å². The molecular weight excluding hydrogens is 354 g/mol. The van der Waals surface area contributed by atoms with Crippen molar-refractivity contribution in [2.45, 2.75) is 19.5 Å². The molecule has 0 saturated carbocycles. The molecule has 1 atom stereocenters. The van der Waals surface area contributed by atoms with Crippen LogP contribution in [0.3, 0.4) is 0 Å². The number of nitrogens with one attached hydrogen (secondary N) is 1. The van der Waals surface area contributed by atoms with Crippen LogP contribution in [0, 0.1) is 6.92 Å². The smallest absolute Gasteiger partial charge is 0.257 e.